The molecule has 8 nitrogen and oxygen atoms in total. The molecular weight excluding hydrogens is 332 g/mol. The molecule has 24 heavy (non-hydrogen) atoms. The predicted octanol–water partition coefficient (Wildman–Crippen LogP) is -0.111. The molecule has 0 aromatic carbocycles. The van der Waals surface area contributed by atoms with Gasteiger partial charge in [0.25, 0.3) is 0 Å². The van der Waals surface area contributed by atoms with Crippen LogP contribution in [0.5, 0.6) is 0 Å². The van der Waals surface area contributed by atoms with Gasteiger partial charge >= 0.3 is 5.97 Å². The average molecular weight is 356 g/mol. The van der Waals surface area contributed by atoms with E-state index in [2.05, 4.69) is 16.3 Å². The second kappa shape index (κ2) is 11.7. The van der Waals surface area contributed by atoms with Gasteiger partial charge in [-0.25, -0.2) is 0 Å². The van der Waals surface area contributed by atoms with Crippen LogP contribution in [0, 0.1) is 11.3 Å². The number of thiocarbonyl (C=S) groups is 1. The second-order valence-electron chi connectivity index (χ2n) is 5.30. The Morgan fingerprint density at radius 3 is 2.54 bits per heavy atom. The lowest BCUT2D eigenvalue weighted by atomic mass is 10.3. The first-order valence-corrected chi connectivity index (χ1v) is 8.30. The average Bonchev–Trinajstić information content (AvgIpc) is 2.58. The number of hydrogen-bond donors (Lipinski definition) is 1. The first-order valence-electron chi connectivity index (χ1n) is 7.89. The van der Waals surface area contributed by atoms with Crippen molar-refractivity contribution in [1.29, 1.82) is 5.26 Å². The lowest BCUT2D eigenvalue weighted by Crippen LogP contribution is -2.52. The Labute approximate surface area is 147 Å². The van der Waals surface area contributed by atoms with E-state index in [9.17, 15) is 9.59 Å². The lowest BCUT2D eigenvalue weighted by Gasteiger charge is -2.35. The predicted molar refractivity (Wildman–Crippen MR) is 91.1 cm³/mol. The largest absolute Gasteiger partial charge is 0.463 e. The smallest absolute Gasteiger partial charge is 0.306 e. The summed E-state index contributed by atoms with van der Waals surface area (Å²) in [4.78, 5) is 27.4. The summed E-state index contributed by atoms with van der Waals surface area (Å²) < 4.78 is 9.65. The minimum Gasteiger partial charge on any atom is -0.463 e. The van der Waals surface area contributed by atoms with Gasteiger partial charge in [0.05, 0.1) is 19.1 Å². The summed E-state index contributed by atoms with van der Waals surface area (Å²) in [6.07, 6.45) is 0.565. The van der Waals surface area contributed by atoms with E-state index in [1.165, 1.54) is 7.11 Å². The van der Waals surface area contributed by atoms with Crippen LogP contribution in [-0.2, 0) is 19.1 Å². The van der Waals surface area contributed by atoms with Crippen LogP contribution in [0.4, 0.5) is 0 Å². The van der Waals surface area contributed by atoms with Crippen molar-refractivity contribution in [3.8, 4) is 6.07 Å². The molecule has 0 unspecified atom stereocenters. The highest BCUT2D eigenvalue weighted by Crippen LogP contribution is 2.03. The van der Waals surface area contributed by atoms with Gasteiger partial charge in [-0.1, -0.05) is 0 Å². The molecule has 1 aliphatic heterocycles. The van der Waals surface area contributed by atoms with Gasteiger partial charge in [0.1, 0.15) is 6.61 Å². The zero-order valence-corrected chi connectivity index (χ0v) is 14.8. The maximum Gasteiger partial charge on any atom is 0.306 e. The number of hydrogen-bond acceptors (Lipinski definition) is 7. The third-order valence-electron chi connectivity index (χ3n) is 3.55. The third-order valence-corrected chi connectivity index (χ3v) is 3.91. The standard InChI is InChI=1S/C15H24N4O4S/c1-22-11-12-23-14(21)4-3-13(20)17-15(24)19-9-7-18(8-10-19)6-2-5-16/h2-4,6-12H2,1H3,(H,17,20,24). The summed E-state index contributed by atoms with van der Waals surface area (Å²) in [6, 6.07) is 2.13. The van der Waals surface area contributed by atoms with Gasteiger partial charge < -0.3 is 19.7 Å². The number of rotatable bonds is 8. The molecule has 1 fully saturated rings. The molecule has 9 heteroatoms. The molecule has 1 amide bonds. The van der Waals surface area contributed by atoms with Gasteiger partial charge in [-0.05, 0) is 12.2 Å². The van der Waals surface area contributed by atoms with Gasteiger partial charge in [0.15, 0.2) is 5.11 Å². The van der Waals surface area contributed by atoms with Crippen LogP contribution in [0.3, 0.4) is 0 Å². The molecule has 1 heterocycles. The number of nitrogens with zero attached hydrogens (tertiary/aromatic N) is 3. The van der Waals surface area contributed by atoms with Crippen molar-refractivity contribution in [2.24, 2.45) is 0 Å². The summed E-state index contributed by atoms with van der Waals surface area (Å²) >= 11 is 5.23. The fourth-order valence-corrected chi connectivity index (χ4v) is 2.47. The van der Waals surface area contributed by atoms with Gasteiger partial charge in [-0.3, -0.25) is 14.5 Å². The molecule has 134 valence electrons. The molecule has 1 N–H and O–H groups in total. The molecular formula is C15H24N4O4S. The topological polar surface area (TPSA) is 94.9 Å². The van der Waals surface area contributed by atoms with E-state index in [1.807, 2.05) is 4.90 Å². The first-order chi connectivity index (χ1) is 11.6. The Balaban J connectivity index is 2.19. The molecule has 0 aliphatic carbocycles. The molecule has 0 spiro atoms. The number of methoxy groups -OCH3 is 1. The summed E-state index contributed by atoms with van der Waals surface area (Å²) in [5.41, 5.74) is 0. The molecule has 0 atom stereocenters. The Morgan fingerprint density at radius 1 is 1.21 bits per heavy atom. The van der Waals surface area contributed by atoms with E-state index < -0.39 is 5.97 Å². The minimum atomic E-state index is -0.431. The number of nitrogens with one attached hydrogen (secondary N) is 1. The van der Waals surface area contributed by atoms with Crippen molar-refractivity contribution >= 4 is 29.2 Å². The van der Waals surface area contributed by atoms with E-state index in [1.54, 1.807) is 0 Å². The van der Waals surface area contributed by atoms with E-state index in [-0.39, 0.29) is 25.4 Å². The van der Waals surface area contributed by atoms with Gasteiger partial charge in [0.2, 0.25) is 5.91 Å². The van der Waals surface area contributed by atoms with Crippen molar-refractivity contribution in [1.82, 2.24) is 15.1 Å². The molecule has 1 aliphatic rings. The SMILES string of the molecule is COCCOC(=O)CCC(=O)NC(=S)N1CCN(CCC#N)CC1. The lowest BCUT2D eigenvalue weighted by molar-refractivity contribution is -0.146. The first kappa shape index (κ1) is 20.3. The molecule has 1 rings (SSSR count). The van der Waals surface area contributed by atoms with Crippen LogP contribution in [-0.4, -0.2) is 79.8 Å². The summed E-state index contributed by atoms with van der Waals surface area (Å²) in [5, 5.41) is 11.6. The molecule has 0 saturated carbocycles. The van der Waals surface area contributed by atoms with Crippen molar-refractivity contribution in [2.45, 2.75) is 19.3 Å². The Hall–Kier alpha value is -1.76. The Kier molecular flexibility index (Phi) is 9.91. The van der Waals surface area contributed by atoms with Crippen molar-refractivity contribution in [3.63, 3.8) is 0 Å². The number of esters is 1. The minimum absolute atomic E-state index is 0.0140. The molecule has 0 radical (unpaired) electrons. The third kappa shape index (κ3) is 8.19. The fraction of sp³-hybridized carbons (Fsp3) is 0.733. The quantitative estimate of drug-likeness (QED) is 0.366. The molecule has 0 aromatic heterocycles. The van der Waals surface area contributed by atoms with Crippen LogP contribution in [0.15, 0.2) is 0 Å². The van der Waals surface area contributed by atoms with Crippen LogP contribution >= 0.6 is 12.2 Å². The Morgan fingerprint density at radius 2 is 1.92 bits per heavy atom. The van der Waals surface area contributed by atoms with Gasteiger partial charge in [-0.15, -0.1) is 0 Å². The number of piperazine rings is 1. The number of nitriles is 1. The number of ether oxygens (including phenoxy) is 2. The highest BCUT2D eigenvalue weighted by Gasteiger charge is 2.20. The van der Waals surface area contributed by atoms with E-state index in [4.69, 9.17) is 27.0 Å². The van der Waals surface area contributed by atoms with E-state index >= 15 is 0 Å². The van der Waals surface area contributed by atoms with Gasteiger partial charge in [-0.2, -0.15) is 5.26 Å². The van der Waals surface area contributed by atoms with Crippen LogP contribution < -0.4 is 5.32 Å². The van der Waals surface area contributed by atoms with Crippen molar-refractivity contribution < 1.29 is 19.1 Å². The highest BCUT2D eigenvalue weighted by atomic mass is 32.1. The van der Waals surface area contributed by atoms with Crippen molar-refractivity contribution in [2.75, 3.05) is 53.0 Å². The normalized spacial score (nSPS) is 14.8. The maximum absolute atomic E-state index is 11.8. The van der Waals surface area contributed by atoms with Crippen LogP contribution in [0.2, 0.25) is 0 Å². The highest BCUT2D eigenvalue weighted by molar-refractivity contribution is 7.80. The second-order valence-corrected chi connectivity index (χ2v) is 5.69. The van der Waals surface area contributed by atoms with Crippen LogP contribution in [0.1, 0.15) is 19.3 Å². The van der Waals surface area contributed by atoms with E-state index in [0.717, 1.165) is 19.6 Å². The monoisotopic (exact) mass is 356 g/mol. The Bertz CT molecular complexity index is 473. The molecule has 0 aromatic rings. The maximum atomic E-state index is 11.8. The van der Waals surface area contributed by atoms with Crippen LogP contribution in [0.25, 0.3) is 0 Å². The fourth-order valence-electron chi connectivity index (χ4n) is 2.17. The number of carbonyl (C=O) groups is 2. The molecule has 0 bridgehead atoms. The van der Waals surface area contributed by atoms with E-state index in [0.29, 0.717) is 31.2 Å². The summed E-state index contributed by atoms with van der Waals surface area (Å²) in [7, 11) is 1.52. The number of amides is 1. The number of carbonyl (C=O) groups excluding carboxylic acids is 2. The zero-order chi connectivity index (χ0) is 17.8. The van der Waals surface area contributed by atoms with Crippen molar-refractivity contribution in [3.05, 3.63) is 0 Å². The summed E-state index contributed by atoms with van der Waals surface area (Å²) in [5.74, 6) is -0.727. The zero-order valence-electron chi connectivity index (χ0n) is 14.0. The molecule has 1 saturated heterocycles. The van der Waals surface area contributed by atoms with Gasteiger partial charge in [0, 0.05) is 52.7 Å². The summed E-state index contributed by atoms with van der Waals surface area (Å²) in [6.45, 7) is 4.32.